The van der Waals surface area contributed by atoms with Crippen LogP contribution in [0.1, 0.15) is 51.4 Å². The molecule has 3 aromatic rings. The van der Waals surface area contributed by atoms with E-state index in [1.807, 2.05) is 25.1 Å². The zero-order chi connectivity index (χ0) is 19.5. The Hall–Kier alpha value is -3.15. The van der Waals surface area contributed by atoms with Gasteiger partial charge in [-0.15, -0.1) is 0 Å². The van der Waals surface area contributed by atoms with E-state index in [4.69, 9.17) is 4.52 Å². The minimum atomic E-state index is -0.121. The number of aromatic nitrogens is 2. The third-order valence-corrected chi connectivity index (χ3v) is 5.33. The lowest BCUT2D eigenvalue weighted by Gasteiger charge is -2.16. The van der Waals surface area contributed by atoms with E-state index >= 15 is 0 Å². The number of carbonyl (C=O) groups excluding carboxylic acids is 2. The molecule has 0 spiro atoms. The monoisotopic (exact) mass is 377 g/mol. The Kier molecular flexibility index (Phi) is 5.10. The van der Waals surface area contributed by atoms with E-state index < -0.39 is 0 Å². The number of Topliss-reactive ketones (excluding diaryl/α,β-unsaturated/α-hetero) is 1. The van der Waals surface area contributed by atoms with Gasteiger partial charge in [0.1, 0.15) is 12.0 Å². The molecule has 0 aliphatic heterocycles. The lowest BCUT2D eigenvalue weighted by atomic mass is 9.92. The highest BCUT2D eigenvalue weighted by Gasteiger charge is 2.29. The maximum Gasteiger partial charge on any atom is 0.224 e. The van der Waals surface area contributed by atoms with Crippen molar-refractivity contribution in [2.45, 2.75) is 45.7 Å². The number of hydrogen-bond donors (Lipinski definition) is 1. The van der Waals surface area contributed by atoms with Crippen LogP contribution < -0.4 is 5.32 Å². The maximum absolute atomic E-state index is 12.7. The molecule has 1 N–H and O–H groups in total. The fraction of sp³-hybridized carbons (Fsp3) is 0.318. The lowest BCUT2D eigenvalue weighted by molar-refractivity contribution is -0.120. The summed E-state index contributed by atoms with van der Waals surface area (Å²) in [6, 6.07) is 11.9. The van der Waals surface area contributed by atoms with Crippen LogP contribution in [-0.2, 0) is 30.7 Å². The van der Waals surface area contributed by atoms with Crippen LogP contribution in [0.25, 0.3) is 0 Å². The van der Waals surface area contributed by atoms with Gasteiger partial charge in [-0.05, 0) is 30.9 Å². The number of amides is 1. The molecule has 6 nitrogen and oxygen atoms in total. The Labute approximate surface area is 163 Å². The third-order valence-electron chi connectivity index (χ3n) is 5.33. The van der Waals surface area contributed by atoms with Gasteiger partial charge in [-0.1, -0.05) is 35.5 Å². The summed E-state index contributed by atoms with van der Waals surface area (Å²) in [4.78, 5) is 25.2. The number of hydrogen-bond acceptors (Lipinski definition) is 4. The van der Waals surface area contributed by atoms with Crippen molar-refractivity contribution in [3.63, 3.8) is 0 Å². The molecule has 2 aromatic heterocycles. The highest BCUT2D eigenvalue weighted by molar-refractivity contribution is 6.01. The van der Waals surface area contributed by atoms with Crippen molar-refractivity contribution in [1.29, 1.82) is 0 Å². The second kappa shape index (κ2) is 7.84. The quantitative estimate of drug-likeness (QED) is 0.716. The van der Waals surface area contributed by atoms with Gasteiger partial charge in [0.15, 0.2) is 5.78 Å². The molecular formula is C22H23N3O3. The number of benzene rings is 1. The van der Waals surface area contributed by atoms with Crippen molar-refractivity contribution in [2.24, 2.45) is 0 Å². The molecule has 1 aliphatic rings. The van der Waals surface area contributed by atoms with Crippen LogP contribution in [-0.4, -0.2) is 21.4 Å². The number of fused-ring (bicyclic) bond motifs is 1. The fourth-order valence-corrected chi connectivity index (χ4v) is 3.92. The fourth-order valence-electron chi connectivity index (χ4n) is 3.92. The standard InChI is InChI=1S/C22H23N3O3/c1-15-18(12-21(27)23-13-17-10-11-28-24-17)22-19(8-5-9-20(22)26)25(15)14-16-6-3-2-4-7-16/h2-4,6-7,10-11H,5,8-9,12-14H2,1H3,(H,23,27). The molecule has 1 aromatic carbocycles. The number of nitrogens with one attached hydrogen (secondary N) is 1. The van der Waals surface area contributed by atoms with Crippen LogP contribution in [0.2, 0.25) is 0 Å². The normalized spacial score (nSPS) is 13.4. The van der Waals surface area contributed by atoms with Gasteiger partial charge in [-0.2, -0.15) is 0 Å². The Balaban J connectivity index is 1.61. The van der Waals surface area contributed by atoms with Gasteiger partial charge in [0.25, 0.3) is 0 Å². The van der Waals surface area contributed by atoms with Gasteiger partial charge < -0.3 is 14.4 Å². The molecule has 2 heterocycles. The van der Waals surface area contributed by atoms with Gasteiger partial charge in [-0.25, -0.2) is 0 Å². The first kappa shape index (κ1) is 18.2. The summed E-state index contributed by atoms with van der Waals surface area (Å²) in [6.07, 6.45) is 3.95. The highest BCUT2D eigenvalue weighted by atomic mass is 16.5. The first-order chi connectivity index (χ1) is 13.6. The van der Waals surface area contributed by atoms with Gasteiger partial charge >= 0.3 is 0 Å². The number of ketones is 1. The first-order valence-corrected chi connectivity index (χ1v) is 9.57. The summed E-state index contributed by atoms with van der Waals surface area (Å²) >= 11 is 0. The van der Waals surface area contributed by atoms with Gasteiger partial charge in [0.05, 0.1) is 13.0 Å². The zero-order valence-electron chi connectivity index (χ0n) is 15.9. The van der Waals surface area contributed by atoms with Crippen LogP contribution in [0.4, 0.5) is 0 Å². The molecule has 4 rings (SSSR count). The van der Waals surface area contributed by atoms with Gasteiger partial charge in [0, 0.05) is 36.0 Å². The van der Waals surface area contributed by atoms with Gasteiger partial charge in [-0.3, -0.25) is 9.59 Å². The molecule has 0 radical (unpaired) electrons. The number of carbonyl (C=O) groups is 2. The SMILES string of the molecule is Cc1c(CC(=O)NCc2ccon2)c2c(n1Cc1ccccc1)CCCC2=O. The Bertz CT molecular complexity index is 988. The topological polar surface area (TPSA) is 77.1 Å². The van der Waals surface area contributed by atoms with E-state index in [0.717, 1.165) is 35.4 Å². The molecule has 0 saturated carbocycles. The molecule has 0 bridgehead atoms. The summed E-state index contributed by atoms with van der Waals surface area (Å²) in [5.41, 5.74) is 5.54. The lowest BCUT2D eigenvalue weighted by Crippen LogP contribution is -2.25. The van der Waals surface area contributed by atoms with E-state index in [2.05, 4.69) is 27.2 Å². The third kappa shape index (κ3) is 3.63. The summed E-state index contributed by atoms with van der Waals surface area (Å²) < 4.78 is 6.99. The Morgan fingerprint density at radius 3 is 2.79 bits per heavy atom. The molecule has 28 heavy (non-hydrogen) atoms. The second-order valence-corrected chi connectivity index (χ2v) is 7.18. The molecule has 0 fully saturated rings. The summed E-state index contributed by atoms with van der Waals surface area (Å²) in [5.74, 6) is 0.0274. The smallest absolute Gasteiger partial charge is 0.224 e. The van der Waals surface area contributed by atoms with E-state index in [-0.39, 0.29) is 18.1 Å². The van der Waals surface area contributed by atoms with Crippen LogP contribution in [0.3, 0.4) is 0 Å². The largest absolute Gasteiger partial charge is 0.364 e. The highest BCUT2D eigenvalue weighted by Crippen LogP contribution is 2.31. The average Bonchev–Trinajstić information content (AvgIpc) is 3.31. The van der Waals surface area contributed by atoms with Crippen LogP contribution in [0, 0.1) is 6.92 Å². The number of nitrogens with zero attached hydrogens (tertiary/aromatic N) is 2. The van der Waals surface area contributed by atoms with Crippen molar-refractivity contribution in [1.82, 2.24) is 15.0 Å². The minimum Gasteiger partial charge on any atom is -0.364 e. The van der Waals surface area contributed by atoms with Crippen molar-refractivity contribution in [3.05, 3.63) is 76.4 Å². The first-order valence-electron chi connectivity index (χ1n) is 9.57. The van der Waals surface area contributed by atoms with E-state index in [1.165, 1.54) is 11.8 Å². The van der Waals surface area contributed by atoms with E-state index in [0.29, 0.717) is 25.2 Å². The van der Waals surface area contributed by atoms with Crippen molar-refractivity contribution in [2.75, 3.05) is 0 Å². The average molecular weight is 377 g/mol. The van der Waals surface area contributed by atoms with Gasteiger partial charge in [0.2, 0.25) is 5.91 Å². The van der Waals surface area contributed by atoms with Crippen molar-refractivity contribution < 1.29 is 14.1 Å². The molecule has 6 heteroatoms. The molecule has 0 saturated heterocycles. The zero-order valence-corrected chi connectivity index (χ0v) is 15.9. The molecule has 1 aliphatic carbocycles. The van der Waals surface area contributed by atoms with Crippen LogP contribution in [0.5, 0.6) is 0 Å². The number of rotatable bonds is 6. The Morgan fingerprint density at radius 1 is 1.21 bits per heavy atom. The molecular weight excluding hydrogens is 354 g/mol. The Morgan fingerprint density at radius 2 is 2.04 bits per heavy atom. The van der Waals surface area contributed by atoms with Crippen molar-refractivity contribution >= 4 is 11.7 Å². The second-order valence-electron chi connectivity index (χ2n) is 7.18. The summed E-state index contributed by atoms with van der Waals surface area (Å²) in [6.45, 7) is 3.03. The summed E-state index contributed by atoms with van der Waals surface area (Å²) in [7, 11) is 0. The van der Waals surface area contributed by atoms with Crippen LogP contribution >= 0.6 is 0 Å². The molecule has 1 amide bonds. The summed E-state index contributed by atoms with van der Waals surface area (Å²) in [5, 5.41) is 6.66. The maximum atomic E-state index is 12.7. The van der Waals surface area contributed by atoms with Crippen molar-refractivity contribution in [3.8, 4) is 0 Å². The molecule has 0 unspecified atom stereocenters. The van der Waals surface area contributed by atoms with E-state index in [9.17, 15) is 9.59 Å². The minimum absolute atomic E-state index is 0.121. The predicted octanol–water partition coefficient (Wildman–Crippen LogP) is 3.21. The molecule has 0 atom stereocenters. The predicted molar refractivity (Wildman–Crippen MR) is 104 cm³/mol. The molecule has 144 valence electrons. The van der Waals surface area contributed by atoms with E-state index in [1.54, 1.807) is 6.07 Å². The van der Waals surface area contributed by atoms with Crippen LogP contribution in [0.15, 0.2) is 47.2 Å².